The molecule has 0 spiro atoms. The second-order valence-corrected chi connectivity index (χ2v) is 4.88. The fourth-order valence-electron chi connectivity index (χ4n) is 1.31. The molecule has 0 amide bonds. The van der Waals surface area contributed by atoms with E-state index >= 15 is 0 Å². The second kappa shape index (κ2) is 6.81. The van der Waals surface area contributed by atoms with Crippen LogP contribution in [0, 0.1) is 5.82 Å². The van der Waals surface area contributed by atoms with E-state index in [1.807, 2.05) is 12.2 Å². The van der Waals surface area contributed by atoms with Gasteiger partial charge in [0.1, 0.15) is 5.82 Å². The third-order valence-corrected chi connectivity index (χ3v) is 2.61. The molecule has 0 aliphatic carbocycles. The second-order valence-electron chi connectivity index (χ2n) is 3.97. The van der Waals surface area contributed by atoms with Gasteiger partial charge in [-0.15, -0.1) is 0 Å². The van der Waals surface area contributed by atoms with Gasteiger partial charge in [-0.1, -0.05) is 41.9 Å². The van der Waals surface area contributed by atoms with Crippen molar-refractivity contribution in [2.75, 3.05) is 6.54 Å². The zero-order valence-corrected chi connectivity index (χ0v) is 11.2. The molecule has 0 fully saturated rings. The van der Waals surface area contributed by atoms with Gasteiger partial charge in [0, 0.05) is 16.1 Å². The van der Waals surface area contributed by atoms with Crippen LogP contribution in [0.3, 0.4) is 0 Å². The van der Waals surface area contributed by atoms with Crippen LogP contribution in [0.1, 0.15) is 25.8 Å². The Balaban J connectivity index is 2.46. The maximum absolute atomic E-state index is 13.3. The molecule has 88 valence electrons. The summed E-state index contributed by atoms with van der Waals surface area (Å²) in [6.45, 7) is 5.14. The van der Waals surface area contributed by atoms with Crippen LogP contribution < -0.4 is 5.32 Å². The summed E-state index contributed by atoms with van der Waals surface area (Å²) in [6, 6.07) is 5.45. The predicted octanol–water partition coefficient (Wildman–Crippen LogP) is 3.99. The summed E-state index contributed by atoms with van der Waals surface area (Å²) in [5.41, 5.74) is 0.624. The van der Waals surface area contributed by atoms with Crippen LogP contribution >= 0.6 is 15.9 Å². The van der Waals surface area contributed by atoms with Crippen molar-refractivity contribution < 1.29 is 4.39 Å². The molecule has 0 bridgehead atoms. The summed E-state index contributed by atoms with van der Waals surface area (Å²) in [4.78, 5) is 0. The van der Waals surface area contributed by atoms with E-state index in [4.69, 9.17) is 0 Å². The zero-order chi connectivity index (χ0) is 12.0. The minimum absolute atomic E-state index is 0.184. The topological polar surface area (TPSA) is 12.0 Å². The van der Waals surface area contributed by atoms with Crippen LogP contribution in [0.4, 0.5) is 4.39 Å². The molecule has 3 heteroatoms. The van der Waals surface area contributed by atoms with E-state index in [1.165, 1.54) is 6.07 Å². The van der Waals surface area contributed by atoms with Crippen LogP contribution in [0.5, 0.6) is 0 Å². The van der Waals surface area contributed by atoms with Crippen LogP contribution in [-0.4, -0.2) is 12.6 Å². The molecule has 0 atom stereocenters. The maximum atomic E-state index is 13.3. The Hall–Kier alpha value is -0.670. The van der Waals surface area contributed by atoms with Crippen molar-refractivity contribution in [3.8, 4) is 0 Å². The van der Waals surface area contributed by atoms with Crippen LogP contribution in [0.2, 0.25) is 0 Å². The quantitative estimate of drug-likeness (QED) is 0.807. The summed E-state index contributed by atoms with van der Waals surface area (Å²) >= 11 is 3.33. The van der Waals surface area contributed by atoms with E-state index in [0.29, 0.717) is 11.6 Å². The molecule has 0 aromatic heterocycles. The molecular formula is C13H17BrFN. The molecule has 1 N–H and O–H groups in total. The minimum atomic E-state index is -0.184. The normalized spacial score (nSPS) is 11.6. The Labute approximate surface area is 105 Å². The number of hydrogen-bond acceptors (Lipinski definition) is 1. The van der Waals surface area contributed by atoms with E-state index in [0.717, 1.165) is 17.4 Å². The molecule has 16 heavy (non-hydrogen) atoms. The van der Waals surface area contributed by atoms with E-state index in [1.54, 1.807) is 12.1 Å². The minimum Gasteiger partial charge on any atom is -0.314 e. The number of benzene rings is 1. The molecule has 0 radical (unpaired) electrons. The number of rotatable bonds is 5. The first kappa shape index (κ1) is 13.4. The van der Waals surface area contributed by atoms with Gasteiger partial charge in [0.05, 0.1) is 0 Å². The highest BCUT2D eigenvalue weighted by atomic mass is 79.9. The first-order valence-electron chi connectivity index (χ1n) is 5.44. The Bertz CT molecular complexity index is 361. The summed E-state index contributed by atoms with van der Waals surface area (Å²) < 4.78 is 14.2. The molecule has 0 heterocycles. The van der Waals surface area contributed by atoms with Crippen molar-refractivity contribution in [2.24, 2.45) is 0 Å². The molecule has 1 nitrogen and oxygen atoms in total. The summed E-state index contributed by atoms with van der Waals surface area (Å²) in [5.74, 6) is -0.184. The molecular weight excluding hydrogens is 269 g/mol. The SMILES string of the molecule is CC(C)NCCC=Cc1cc(Br)ccc1F. The zero-order valence-electron chi connectivity index (χ0n) is 9.63. The van der Waals surface area contributed by atoms with Gasteiger partial charge in [-0.2, -0.15) is 0 Å². The van der Waals surface area contributed by atoms with Gasteiger partial charge >= 0.3 is 0 Å². The highest BCUT2D eigenvalue weighted by Gasteiger charge is 1.98. The van der Waals surface area contributed by atoms with E-state index in [2.05, 4.69) is 35.1 Å². The molecule has 0 aliphatic heterocycles. The predicted molar refractivity (Wildman–Crippen MR) is 70.9 cm³/mol. The van der Waals surface area contributed by atoms with Gasteiger partial charge in [-0.05, 0) is 31.2 Å². The van der Waals surface area contributed by atoms with Crippen molar-refractivity contribution in [1.29, 1.82) is 0 Å². The molecule has 0 aliphatic rings. The van der Waals surface area contributed by atoms with Crippen LogP contribution in [0.15, 0.2) is 28.7 Å². The van der Waals surface area contributed by atoms with Crippen molar-refractivity contribution in [2.45, 2.75) is 26.3 Å². The monoisotopic (exact) mass is 285 g/mol. The van der Waals surface area contributed by atoms with E-state index < -0.39 is 0 Å². The standard InChI is InChI=1S/C13H17BrFN/c1-10(2)16-8-4-3-5-11-9-12(14)6-7-13(11)15/h3,5-7,9-10,16H,4,8H2,1-2H3. The molecule has 0 saturated heterocycles. The summed E-state index contributed by atoms with van der Waals surface area (Å²) in [6.07, 6.45) is 4.71. The van der Waals surface area contributed by atoms with Gasteiger partial charge < -0.3 is 5.32 Å². The summed E-state index contributed by atoms with van der Waals surface area (Å²) in [7, 11) is 0. The van der Waals surface area contributed by atoms with Gasteiger partial charge in [0.15, 0.2) is 0 Å². The molecule has 1 aromatic rings. The molecule has 1 rings (SSSR count). The van der Waals surface area contributed by atoms with Gasteiger partial charge in [-0.25, -0.2) is 4.39 Å². The van der Waals surface area contributed by atoms with E-state index in [9.17, 15) is 4.39 Å². The lowest BCUT2D eigenvalue weighted by atomic mass is 10.2. The number of halogens is 2. The Kier molecular flexibility index (Phi) is 5.71. The van der Waals surface area contributed by atoms with Gasteiger partial charge in [-0.3, -0.25) is 0 Å². The van der Waals surface area contributed by atoms with Crippen molar-refractivity contribution in [1.82, 2.24) is 5.32 Å². The lowest BCUT2D eigenvalue weighted by Gasteiger charge is -2.05. The van der Waals surface area contributed by atoms with Crippen molar-refractivity contribution in [3.63, 3.8) is 0 Å². The average molecular weight is 286 g/mol. The fourth-order valence-corrected chi connectivity index (χ4v) is 1.69. The Morgan fingerprint density at radius 3 is 2.88 bits per heavy atom. The third-order valence-electron chi connectivity index (χ3n) is 2.12. The first-order valence-corrected chi connectivity index (χ1v) is 6.24. The highest BCUT2D eigenvalue weighted by molar-refractivity contribution is 9.10. The summed E-state index contributed by atoms with van der Waals surface area (Å²) in [5, 5.41) is 3.30. The maximum Gasteiger partial charge on any atom is 0.130 e. The van der Waals surface area contributed by atoms with Gasteiger partial charge in [0.2, 0.25) is 0 Å². The Morgan fingerprint density at radius 1 is 1.44 bits per heavy atom. The number of nitrogens with one attached hydrogen (secondary N) is 1. The molecule has 0 saturated carbocycles. The largest absolute Gasteiger partial charge is 0.314 e. The van der Waals surface area contributed by atoms with Crippen molar-refractivity contribution in [3.05, 3.63) is 40.1 Å². The number of hydrogen-bond donors (Lipinski definition) is 1. The smallest absolute Gasteiger partial charge is 0.130 e. The fraction of sp³-hybridized carbons (Fsp3) is 0.385. The van der Waals surface area contributed by atoms with Crippen molar-refractivity contribution >= 4 is 22.0 Å². The lowest BCUT2D eigenvalue weighted by Crippen LogP contribution is -2.23. The van der Waals surface area contributed by atoms with Gasteiger partial charge in [0.25, 0.3) is 0 Å². The molecule has 0 unspecified atom stereocenters. The lowest BCUT2D eigenvalue weighted by molar-refractivity contribution is 0.595. The van der Waals surface area contributed by atoms with Crippen LogP contribution in [-0.2, 0) is 0 Å². The highest BCUT2D eigenvalue weighted by Crippen LogP contribution is 2.16. The van der Waals surface area contributed by atoms with Crippen LogP contribution in [0.25, 0.3) is 6.08 Å². The molecule has 1 aromatic carbocycles. The third kappa shape index (κ3) is 4.90. The van der Waals surface area contributed by atoms with E-state index in [-0.39, 0.29) is 5.82 Å². The average Bonchev–Trinajstić information content (AvgIpc) is 2.22. The Morgan fingerprint density at radius 2 is 2.19 bits per heavy atom. The first-order chi connectivity index (χ1) is 7.59.